The van der Waals surface area contributed by atoms with Gasteiger partial charge in [-0.05, 0) is 39.3 Å². The molecule has 1 N–H and O–H groups in total. The molecule has 2 rings (SSSR count). The summed E-state index contributed by atoms with van der Waals surface area (Å²) >= 11 is 0. The summed E-state index contributed by atoms with van der Waals surface area (Å²) in [4.78, 5) is 2.44. The van der Waals surface area contributed by atoms with Crippen molar-refractivity contribution in [3.8, 4) is 0 Å². The predicted octanol–water partition coefficient (Wildman–Crippen LogP) is 3.24. The van der Waals surface area contributed by atoms with Crippen LogP contribution in [0.3, 0.4) is 0 Å². The first kappa shape index (κ1) is 14.4. The number of hydrogen-bond acceptors (Lipinski definition) is 3. The van der Waals surface area contributed by atoms with Gasteiger partial charge in [0.25, 0.3) is 0 Å². The van der Waals surface area contributed by atoms with Crippen molar-refractivity contribution in [2.45, 2.75) is 46.7 Å². The van der Waals surface area contributed by atoms with E-state index in [1.165, 1.54) is 24.0 Å². The zero-order chi connectivity index (χ0) is 13.7. The Kier molecular flexibility index (Phi) is 5.23. The maximum Gasteiger partial charge on any atom is 0.118 e. The zero-order valence-electron chi connectivity index (χ0n) is 12.5. The van der Waals surface area contributed by atoms with E-state index in [1.807, 2.05) is 0 Å². The summed E-state index contributed by atoms with van der Waals surface area (Å²) in [6.07, 6.45) is 4.68. The maximum atomic E-state index is 5.87. The van der Waals surface area contributed by atoms with Gasteiger partial charge in [0, 0.05) is 25.2 Å². The van der Waals surface area contributed by atoms with Crippen molar-refractivity contribution >= 4 is 0 Å². The van der Waals surface area contributed by atoms with Gasteiger partial charge in [-0.2, -0.15) is 0 Å². The molecule has 0 bridgehead atoms. The van der Waals surface area contributed by atoms with Crippen molar-refractivity contribution in [3.63, 3.8) is 0 Å². The largest absolute Gasteiger partial charge is 0.465 e. The number of nitrogens with zero attached hydrogens (tertiary/aromatic N) is 1. The fourth-order valence-electron chi connectivity index (χ4n) is 2.42. The highest BCUT2D eigenvalue weighted by Crippen LogP contribution is 2.18. The minimum atomic E-state index is 0.919. The molecule has 0 aliphatic carbocycles. The Morgan fingerprint density at radius 3 is 2.89 bits per heavy atom. The Hall–Kier alpha value is -1.06. The molecule has 1 aromatic heterocycles. The molecule has 0 amide bonds. The second-order valence-electron chi connectivity index (χ2n) is 5.51. The average molecular weight is 262 g/mol. The minimum absolute atomic E-state index is 0.919. The van der Waals surface area contributed by atoms with Crippen LogP contribution in [0, 0.1) is 6.92 Å². The molecule has 106 valence electrons. The maximum absolute atomic E-state index is 5.87. The van der Waals surface area contributed by atoms with Crippen molar-refractivity contribution in [2.75, 3.05) is 19.6 Å². The topological polar surface area (TPSA) is 28.4 Å². The molecular weight excluding hydrogens is 236 g/mol. The Labute approximate surface area is 116 Å². The average Bonchev–Trinajstić information content (AvgIpc) is 2.73. The SMILES string of the molecule is CCCNCc1cc(CN2CC=C(C)CC2)oc1C. The fraction of sp³-hybridized carbons (Fsp3) is 0.625. The number of furan rings is 1. The van der Waals surface area contributed by atoms with Crippen LogP contribution in [-0.4, -0.2) is 24.5 Å². The molecular formula is C16H26N2O. The molecule has 1 aliphatic rings. The van der Waals surface area contributed by atoms with Crippen LogP contribution in [0.1, 0.15) is 43.8 Å². The van der Waals surface area contributed by atoms with Gasteiger partial charge < -0.3 is 9.73 Å². The van der Waals surface area contributed by atoms with Crippen molar-refractivity contribution in [1.82, 2.24) is 10.2 Å². The lowest BCUT2D eigenvalue weighted by Gasteiger charge is -2.23. The summed E-state index contributed by atoms with van der Waals surface area (Å²) in [5.74, 6) is 2.15. The van der Waals surface area contributed by atoms with Crippen LogP contribution >= 0.6 is 0 Å². The first-order valence-electron chi connectivity index (χ1n) is 7.36. The lowest BCUT2D eigenvalue weighted by Crippen LogP contribution is -2.27. The van der Waals surface area contributed by atoms with Crippen molar-refractivity contribution in [3.05, 3.63) is 34.8 Å². The first-order chi connectivity index (χ1) is 9.19. The smallest absolute Gasteiger partial charge is 0.118 e. The fourth-order valence-corrected chi connectivity index (χ4v) is 2.42. The van der Waals surface area contributed by atoms with E-state index in [4.69, 9.17) is 4.42 Å². The molecule has 0 radical (unpaired) electrons. The molecule has 19 heavy (non-hydrogen) atoms. The molecule has 1 aliphatic heterocycles. The quantitative estimate of drug-likeness (QED) is 0.630. The number of nitrogens with one attached hydrogen (secondary N) is 1. The molecule has 0 unspecified atom stereocenters. The van der Waals surface area contributed by atoms with Crippen LogP contribution in [0.4, 0.5) is 0 Å². The summed E-state index contributed by atoms with van der Waals surface area (Å²) < 4.78 is 5.87. The molecule has 0 saturated carbocycles. The summed E-state index contributed by atoms with van der Waals surface area (Å²) in [5.41, 5.74) is 2.81. The summed E-state index contributed by atoms with van der Waals surface area (Å²) in [6.45, 7) is 11.6. The van der Waals surface area contributed by atoms with E-state index >= 15 is 0 Å². The van der Waals surface area contributed by atoms with Gasteiger partial charge in [0.15, 0.2) is 0 Å². The Balaban J connectivity index is 1.89. The molecule has 0 atom stereocenters. The van der Waals surface area contributed by atoms with Crippen LogP contribution in [0.15, 0.2) is 22.1 Å². The van der Waals surface area contributed by atoms with Gasteiger partial charge >= 0.3 is 0 Å². The van der Waals surface area contributed by atoms with Gasteiger partial charge in [-0.25, -0.2) is 0 Å². The lowest BCUT2D eigenvalue weighted by atomic mass is 10.1. The highest BCUT2D eigenvalue weighted by atomic mass is 16.3. The van der Waals surface area contributed by atoms with E-state index in [-0.39, 0.29) is 0 Å². The normalized spacial score (nSPS) is 16.7. The molecule has 1 aromatic rings. The van der Waals surface area contributed by atoms with Crippen LogP contribution in [-0.2, 0) is 13.1 Å². The third-order valence-electron chi connectivity index (χ3n) is 3.71. The van der Waals surface area contributed by atoms with E-state index in [0.717, 1.165) is 44.2 Å². The van der Waals surface area contributed by atoms with Gasteiger partial charge in [-0.1, -0.05) is 18.6 Å². The summed E-state index contributed by atoms with van der Waals surface area (Å²) in [6, 6.07) is 2.21. The first-order valence-corrected chi connectivity index (χ1v) is 7.36. The van der Waals surface area contributed by atoms with E-state index in [0.29, 0.717) is 0 Å². The second-order valence-corrected chi connectivity index (χ2v) is 5.51. The van der Waals surface area contributed by atoms with Gasteiger partial charge in [-0.15, -0.1) is 0 Å². The second kappa shape index (κ2) is 6.92. The van der Waals surface area contributed by atoms with E-state index in [9.17, 15) is 0 Å². The molecule has 0 fully saturated rings. The molecule has 3 nitrogen and oxygen atoms in total. The predicted molar refractivity (Wildman–Crippen MR) is 79.1 cm³/mol. The van der Waals surface area contributed by atoms with Crippen molar-refractivity contribution in [2.24, 2.45) is 0 Å². The van der Waals surface area contributed by atoms with Gasteiger partial charge in [0.1, 0.15) is 11.5 Å². The van der Waals surface area contributed by atoms with Gasteiger partial charge in [0.05, 0.1) is 6.54 Å². The van der Waals surface area contributed by atoms with E-state index in [2.05, 4.69) is 43.1 Å². The van der Waals surface area contributed by atoms with Gasteiger partial charge in [-0.3, -0.25) is 4.90 Å². The zero-order valence-corrected chi connectivity index (χ0v) is 12.5. The third kappa shape index (κ3) is 4.22. The number of hydrogen-bond donors (Lipinski definition) is 1. The van der Waals surface area contributed by atoms with Gasteiger partial charge in [0.2, 0.25) is 0 Å². The van der Waals surface area contributed by atoms with Crippen LogP contribution in [0.5, 0.6) is 0 Å². The highest BCUT2D eigenvalue weighted by molar-refractivity contribution is 5.21. The molecule has 0 spiro atoms. The standard InChI is InChI=1S/C16H26N2O/c1-4-7-17-11-15-10-16(19-14(15)3)12-18-8-5-13(2)6-9-18/h5,10,17H,4,6-9,11-12H2,1-3H3. The molecule has 0 saturated heterocycles. The minimum Gasteiger partial charge on any atom is -0.465 e. The van der Waals surface area contributed by atoms with E-state index < -0.39 is 0 Å². The summed E-state index contributed by atoms with van der Waals surface area (Å²) in [7, 11) is 0. The Morgan fingerprint density at radius 2 is 2.21 bits per heavy atom. The third-order valence-corrected chi connectivity index (χ3v) is 3.71. The Bertz CT molecular complexity index is 434. The molecule has 2 heterocycles. The molecule has 3 heteroatoms. The number of rotatable bonds is 6. The van der Waals surface area contributed by atoms with Crippen molar-refractivity contribution in [1.29, 1.82) is 0 Å². The lowest BCUT2D eigenvalue weighted by molar-refractivity contribution is 0.259. The summed E-state index contributed by atoms with van der Waals surface area (Å²) in [5, 5.41) is 3.43. The van der Waals surface area contributed by atoms with Crippen LogP contribution < -0.4 is 5.32 Å². The Morgan fingerprint density at radius 1 is 1.37 bits per heavy atom. The monoisotopic (exact) mass is 262 g/mol. The highest BCUT2D eigenvalue weighted by Gasteiger charge is 2.13. The van der Waals surface area contributed by atoms with Crippen LogP contribution in [0.2, 0.25) is 0 Å². The van der Waals surface area contributed by atoms with Crippen molar-refractivity contribution < 1.29 is 4.42 Å². The van der Waals surface area contributed by atoms with Crippen LogP contribution in [0.25, 0.3) is 0 Å². The molecule has 0 aromatic carbocycles. The van der Waals surface area contributed by atoms with E-state index in [1.54, 1.807) is 0 Å². The number of aryl methyl sites for hydroxylation is 1.